The molecule has 1 aromatic rings. The van der Waals surface area contributed by atoms with Gasteiger partial charge in [-0.15, -0.1) is 0 Å². The molecule has 2 atom stereocenters. The second-order valence-electron chi connectivity index (χ2n) is 5.99. The second kappa shape index (κ2) is 5.83. The summed E-state index contributed by atoms with van der Waals surface area (Å²) in [7, 11) is 5.92. The Morgan fingerprint density at radius 2 is 2.32 bits per heavy atom. The summed E-state index contributed by atoms with van der Waals surface area (Å²) >= 11 is 3.75. The third kappa shape index (κ3) is 3.14. The van der Waals surface area contributed by atoms with Crippen molar-refractivity contribution in [3.8, 4) is 5.75 Å². The van der Waals surface area contributed by atoms with E-state index in [1.165, 1.54) is 18.5 Å². The highest BCUT2D eigenvalue weighted by Gasteiger charge is 2.40. The van der Waals surface area contributed by atoms with Crippen molar-refractivity contribution in [2.75, 3.05) is 27.7 Å². The van der Waals surface area contributed by atoms with E-state index in [1.807, 2.05) is 6.20 Å². The third-order valence-corrected chi connectivity index (χ3v) is 4.82. The maximum absolute atomic E-state index is 5.53. The number of alkyl halides is 1. The molecular formula is C14H24BrN3O. The Hall–Kier alpha value is -0.550. The van der Waals surface area contributed by atoms with Crippen molar-refractivity contribution in [2.24, 2.45) is 0 Å². The van der Waals surface area contributed by atoms with E-state index in [0.29, 0.717) is 4.83 Å². The molecule has 0 aromatic carbocycles. The topological polar surface area (TPSA) is 30.3 Å². The highest BCUT2D eigenvalue weighted by Crippen LogP contribution is 2.46. The zero-order valence-electron chi connectivity index (χ0n) is 12.3. The van der Waals surface area contributed by atoms with Crippen LogP contribution in [-0.4, -0.2) is 47.3 Å². The zero-order valence-corrected chi connectivity index (χ0v) is 13.9. The molecule has 0 amide bonds. The van der Waals surface area contributed by atoms with E-state index >= 15 is 0 Å². The first-order chi connectivity index (χ1) is 8.96. The van der Waals surface area contributed by atoms with Crippen LogP contribution >= 0.6 is 15.9 Å². The first-order valence-electron chi connectivity index (χ1n) is 6.85. The standard InChI is InChI=1S/C14H24BrN3O/c1-14(6-5-11(15)9-14)13-12(19-4)10-16-18(13)8-7-17(2)3/h10-11H,5-9H2,1-4H3. The van der Waals surface area contributed by atoms with Crippen LogP contribution in [0.25, 0.3) is 0 Å². The molecule has 0 spiro atoms. The molecule has 1 aliphatic carbocycles. The van der Waals surface area contributed by atoms with Crippen molar-refractivity contribution >= 4 is 15.9 Å². The number of likely N-dealkylation sites (N-methyl/N-ethyl adjacent to an activating group) is 1. The molecular weight excluding hydrogens is 306 g/mol. The fourth-order valence-corrected chi connectivity index (χ4v) is 3.92. The van der Waals surface area contributed by atoms with Crippen LogP contribution in [0.15, 0.2) is 6.20 Å². The highest BCUT2D eigenvalue weighted by atomic mass is 79.9. The lowest BCUT2D eigenvalue weighted by molar-refractivity contribution is 0.340. The summed E-state index contributed by atoms with van der Waals surface area (Å²) in [6.07, 6.45) is 5.42. The van der Waals surface area contributed by atoms with Crippen molar-refractivity contribution in [3.63, 3.8) is 0 Å². The Morgan fingerprint density at radius 3 is 2.84 bits per heavy atom. The minimum atomic E-state index is 0.169. The van der Waals surface area contributed by atoms with Crippen molar-refractivity contribution in [2.45, 2.75) is 43.0 Å². The molecule has 2 rings (SSSR count). The number of aromatic nitrogens is 2. The average molecular weight is 330 g/mol. The third-order valence-electron chi connectivity index (χ3n) is 4.04. The lowest BCUT2D eigenvalue weighted by atomic mass is 9.84. The van der Waals surface area contributed by atoms with Gasteiger partial charge in [0.1, 0.15) is 0 Å². The fraction of sp³-hybridized carbons (Fsp3) is 0.786. The number of rotatable bonds is 5. The Labute approximate surface area is 124 Å². The Bertz CT molecular complexity index is 432. The summed E-state index contributed by atoms with van der Waals surface area (Å²) < 4.78 is 7.66. The molecule has 19 heavy (non-hydrogen) atoms. The summed E-state index contributed by atoms with van der Waals surface area (Å²) in [4.78, 5) is 2.79. The number of nitrogens with zero attached hydrogens (tertiary/aromatic N) is 3. The predicted molar refractivity (Wildman–Crippen MR) is 81.3 cm³/mol. The Kier molecular flexibility index (Phi) is 4.56. The number of ether oxygens (including phenoxy) is 1. The molecule has 0 saturated heterocycles. The average Bonchev–Trinajstić information content (AvgIpc) is 2.91. The fourth-order valence-electron chi connectivity index (χ4n) is 2.97. The van der Waals surface area contributed by atoms with Gasteiger partial charge in [0, 0.05) is 16.8 Å². The maximum atomic E-state index is 5.53. The van der Waals surface area contributed by atoms with Gasteiger partial charge in [-0.25, -0.2) is 0 Å². The Balaban J connectivity index is 2.28. The van der Waals surface area contributed by atoms with Gasteiger partial charge in [-0.1, -0.05) is 22.9 Å². The number of methoxy groups -OCH3 is 1. The van der Waals surface area contributed by atoms with E-state index in [0.717, 1.165) is 25.3 Å². The van der Waals surface area contributed by atoms with Crippen LogP contribution in [0.2, 0.25) is 0 Å². The van der Waals surface area contributed by atoms with Gasteiger partial charge in [-0.3, -0.25) is 4.68 Å². The molecule has 0 bridgehead atoms. The van der Waals surface area contributed by atoms with Gasteiger partial charge < -0.3 is 9.64 Å². The minimum Gasteiger partial charge on any atom is -0.493 e. The lowest BCUT2D eigenvalue weighted by Gasteiger charge is -2.26. The van der Waals surface area contributed by atoms with Crippen LogP contribution in [0, 0.1) is 0 Å². The van der Waals surface area contributed by atoms with Gasteiger partial charge in [0.25, 0.3) is 0 Å². The SMILES string of the molecule is COc1cnn(CCN(C)C)c1C1(C)CCC(Br)C1. The molecule has 1 heterocycles. The molecule has 1 aromatic heterocycles. The van der Waals surface area contributed by atoms with Gasteiger partial charge in [0.15, 0.2) is 5.75 Å². The van der Waals surface area contributed by atoms with Crippen LogP contribution in [0.4, 0.5) is 0 Å². The lowest BCUT2D eigenvalue weighted by Crippen LogP contribution is -2.27. The van der Waals surface area contributed by atoms with Crippen molar-refractivity contribution < 1.29 is 4.74 Å². The summed E-state index contributed by atoms with van der Waals surface area (Å²) in [5, 5.41) is 4.52. The molecule has 0 aliphatic heterocycles. The molecule has 5 heteroatoms. The van der Waals surface area contributed by atoms with E-state index < -0.39 is 0 Å². The smallest absolute Gasteiger partial charge is 0.160 e. The van der Waals surface area contributed by atoms with Crippen LogP contribution in [0.3, 0.4) is 0 Å². The van der Waals surface area contributed by atoms with Gasteiger partial charge in [0.05, 0.1) is 25.5 Å². The summed E-state index contributed by atoms with van der Waals surface area (Å²) in [5.74, 6) is 0.933. The van der Waals surface area contributed by atoms with Crippen LogP contribution in [0.5, 0.6) is 5.75 Å². The first-order valence-corrected chi connectivity index (χ1v) is 7.77. The normalized spacial score (nSPS) is 27.2. The minimum absolute atomic E-state index is 0.169. The van der Waals surface area contributed by atoms with Gasteiger partial charge in [-0.2, -0.15) is 5.10 Å². The maximum Gasteiger partial charge on any atom is 0.160 e. The van der Waals surface area contributed by atoms with E-state index in [9.17, 15) is 0 Å². The summed E-state index contributed by atoms with van der Waals surface area (Å²) in [5.41, 5.74) is 1.43. The molecule has 1 fully saturated rings. The zero-order chi connectivity index (χ0) is 14.0. The summed E-state index contributed by atoms with van der Waals surface area (Å²) in [6, 6.07) is 0. The molecule has 1 saturated carbocycles. The molecule has 4 nitrogen and oxygen atoms in total. The molecule has 108 valence electrons. The van der Waals surface area contributed by atoms with E-state index in [2.05, 4.69) is 51.6 Å². The van der Waals surface area contributed by atoms with E-state index in [1.54, 1.807) is 7.11 Å². The predicted octanol–water partition coefficient (Wildman–Crippen LogP) is 2.66. The molecule has 2 unspecified atom stereocenters. The monoisotopic (exact) mass is 329 g/mol. The van der Waals surface area contributed by atoms with Crippen molar-refractivity contribution in [3.05, 3.63) is 11.9 Å². The van der Waals surface area contributed by atoms with E-state index in [4.69, 9.17) is 4.74 Å². The summed E-state index contributed by atoms with van der Waals surface area (Å²) in [6.45, 7) is 4.24. The first kappa shape index (κ1) is 14.9. The van der Waals surface area contributed by atoms with Gasteiger partial charge >= 0.3 is 0 Å². The number of hydrogen-bond donors (Lipinski definition) is 0. The van der Waals surface area contributed by atoms with Crippen LogP contribution < -0.4 is 4.74 Å². The molecule has 0 N–H and O–H groups in total. The van der Waals surface area contributed by atoms with Gasteiger partial charge in [0.2, 0.25) is 0 Å². The quantitative estimate of drug-likeness (QED) is 0.778. The van der Waals surface area contributed by atoms with Crippen LogP contribution in [0.1, 0.15) is 31.9 Å². The van der Waals surface area contributed by atoms with Crippen molar-refractivity contribution in [1.29, 1.82) is 0 Å². The molecule has 0 radical (unpaired) electrons. The largest absolute Gasteiger partial charge is 0.493 e. The van der Waals surface area contributed by atoms with Crippen LogP contribution in [-0.2, 0) is 12.0 Å². The van der Waals surface area contributed by atoms with Crippen molar-refractivity contribution in [1.82, 2.24) is 14.7 Å². The Morgan fingerprint density at radius 1 is 1.58 bits per heavy atom. The van der Waals surface area contributed by atoms with E-state index in [-0.39, 0.29) is 5.41 Å². The molecule has 1 aliphatic rings. The highest BCUT2D eigenvalue weighted by molar-refractivity contribution is 9.09. The number of hydrogen-bond acceptors (Lipinski definition) is 3. The second-order valence-corrected chi connectivity index (χ2v) is 7.28. The van der Waals surface area contributed by atoms with Gasteiger partial charge in [-0.05, 0) is 33.4 Å². The number of halogens is 1.